The molecule has 2 atom stereocenters. The van der Waals surface area contributed by atoms with Crippen molar-refractivity contribution < 1.29 is 9.90 Å². The van der Waals surface area contributed by atoms with Crippen molar-refractivity contribution in [2.24, 2.45) is 11.8 Å². The summed E-state index contributed by atoms with van der Waals surface area (Å²) in [5, 5.41) is 8.64. The maximum absolute atomic E-state index is 10.5. The molecule has 12 heavy (non-hydrogen) atoms. The van der Waals surface area contributed by atoms with E-state index in [1.54, 1.807) is 0 Å². The Balaban J connectivity index is 2.46. The van der Waals surface area contributed by atoms with Gasteiger partial charge in [0.2, 0.25) is 0 Å². The van der Waals surface area contributed by atoms with Crippen molar-refractivity contribution in [2.75, 3.05) is 0 Å². The van der Waals surface area contributed by atoms with Crippen LogP contribution in [0.4, 0.5) is 0 Å². The first-order valence-corrected chi connectivity index (χ1v) is 4.58. The molecule has 1 N–H and O–H groups in total. The molecule has 0 aliphatic heterocycles. The van der Waals surface area contributed by atoms with Crippen LogP contribution >= 0.6 is 0 Å². The van der Waals surface area contributed by atoms with Gasteiger partial charge in [-0.3, -0.25) is 4.79 Å². The second kappa shape index (κ2) is 4.29. The molecule has 0 bridgehead atoms. The Morgan fingerprint density at radius 3 is 2.75 bits per heavy atom. The van der Waals surface area contributed by atoms with Crippen LogP contribution in [0.15, 0.2) is 12.7 Å². The normalized spacial score (nSPS) is 29.7. The molecule has 2 heteroatoms. The lowest BCUT2D eigenvalue weighted by molar-refractivity contribution is -0.138. The van der Waals surface area contributed by atoms with Crippen LogP contribution in [0, 0.1) is 11.8 Å². The van der Waals surface area contributed by atoms with Crippen molar-refractivity contribution in [2.45, 2.75) is 32.1 Å². The summed E-state index contributed by atoms with van der Waals surface area (Å²) >= 11 is 0. The minimum atomic E-state index is -0.672. The molecule has 68 valence electrons. The van der Waals surface area contributed by atoms with Crippen LogP contribution in [0.2, 0.25) is 0 Å². The van der Waals surface area contributed by atoms with Gasteiger partial charge in [-0.05, 0) is 24.7 Å². The number of aliphatic carboxylic acids is 1. The number of allylic oxidation sites excluding steroid dienone is 1. The summed E-state index contributed by atoms with van der Waals surface area (Å²) in [4.78, 5) is 10.5. The molecule has 1 rings (SSSR count). The second-order valence-electron chi connectivity index (χ2n) is 3.54. The van der Waals surface area contributed by atoms with Crippen LogP contribution in [-0.4, -0.2) is 11.1 Å². The first kappa shape index (κ1) is 9.30. The quantitative estimate of drug-likeness (QED) is 0.657. The fourth-order valence-corrected chi connectivity index (χ4v) is 2.02. The van der Waals surface area contributed by atoms with Crippen molar-refractivity contribution in [3.05, 3.63) is 12.7 Å². The summed E-state index contributed by atoms with van der Waals surface area (Å²) in [6, 6.07) is 0. The monoisotopic (exact) mass is 168 g/mol. The van der Waals surface area contributed by atoms with E-state index in [2.05, 4.69) is 6.58 Å². The fraction of sp³-hybridized carbons (Fsp3) is 0.700. The lowest BCUT2D eigenvalue weighted by Crippen LogP contribution is -2.20. The zero-order valence-electron chi connectivity index (χ0n) is 7.33. The number of hydrogen-bond donors (Lipinski definition) is 1. The van der Waals surface area contributed by atoms with E-state index >= 15 is 0 Å². The van der Waals surface area contributed by atoms with Gasteiger partial charge in [0.05, 0.1) is 0 Å². The number of carboxylic acid groups (broad SMARTS) is 1. The molecule has 0 radical (unpaired) electrons. The lowest BCUT2D eigenvalue weighted by atomic mass is 9.78. The Labute approximate surface area is 73.3 Å². The largest absolute Gasteiger partial charge is 0.481 e. The van der Waals surface area contributed by atoms with E-state index in [0.29, 0.717) is 18.3 Å². The average Bonchev–Trinajstić information content (AvgIpc) is 2.04. The summed E-state index contributed by atoms with van der Waals surface area (Å²) in [5.74, 6) is 0.109. The number of rotatable bonds is 3. The zero-order chi connectivity index (χ0) is 8.97. The van der Waals surface area contributed by atoms with Gasteiger partial charge >= 0.3 is 5.97 Å². The lowest BCUT2D eigenvalue weighted by Gasteiger charge is -2.27. The minimum Gasteiger partial charge on any atom is -0.481 e. The minimum absolute atomic E-state index is 0.316. The summed E-state index contributed by atoms with van der Waals surface area (Å²) < 4.78 is 0. The third-order valence-electron chi connectivity index (χ3n) is 2.71. The van der Waals surface area contributed by atoms with Crippen molar-refractivity contribution in [3.8, 4) is 0 Å². The van der Waals surface area contributed by atoms with Crippen molar-refractivity contribution >= 4 is 5.97 Å². The summed E-state index contributed by atoms with van der Waals surface area (Å²) in [6.45, 7) is 3.75. The molecule has 0 aromatic heterocycles. The summed E-state index contributed by atoms with van der Waals surface area (Å²) in [5.41, 5.74) is 0. The Kier molecular flexibility index (Phi) is 3.32. The molecular formula is C10H16O2. The van der Waals surface area contributed by atoms with E-state index in [1.807, 2.05) is 6.08 Å². The molecule has 0 amide bonds. The molecule has 1 aliphatic rings. The van der Waals surface area contributed by atoms with Gasteiger partial charge in [0.1, 0.15) is 0 Å². The highest BCUT2D eigenvalue weighted by atomic mass is 16.4. The van der Waals surface area contributed by atoms with E-state index in [-0.39, 0.29) is 0 Å². The van der Waals surface area contributed by atoms with E-state index in [1.165, 1.54) is 12.8 Å². The molecular weight excluding hydrogens is 152 g/mol. The fourth-order valence-electron chi connectivity index (χ4n) is 2.02. The molecule has 2 nitrogen and oxygen atoms in total. The van der Waals surface area contributed by atoms with Crippen LogP contribution in [0.5, 0.6) is 0 Å². The summed E-state index contributed by atoms with van der Waals surface area (Å²) in [6.07, 6.45) is 6.84. The molecule has 2 unspecified atom stereocenters. The maximum atomic E-state index is 10.5. The van der Waals surface area contributed by atoms with Gasteiger partial charge in [-0.1, -0.05) is 18.9 Å². The SMILES string of the molecule is C=CC1CCCCC1CC(=O)O. The molecule has 0 heterocycles. The van der Waals surface area contributed by atoms with E-state index < -0.39 is 5.97 Å². The highest BCUT2D eigenvalue weighted by molar-refractivity contribution is 5.67. The zero-order valence-corrected chi connectivity index (χ0v) is 7.33. The van der Waals surface area contributed by atoms with Crippen molar-refractivity contribution in [1.29, 1.82) is 0 Å². The van der Waals surface area contributed by atoms with E-state index in [4.69, 9.17) is 5.11 Å². The van der Waals surface area contributed by atoms with Gasteiger partial charge in [-0.15, -0.1) is 6.58 Å². The Hall–Kier alpha value is -0.790. The van der Waals surface area contributed by atoms with Gasteiger partial charge in [0.25, 0.3) is 0 Å². The predicted molar refractivity (Wildman–Crippen MR) is 47.9 cm³/mol. The number of carbonyl (C=O) groups is 1. The number of carboxylic acids is 1. The molecule has 0 saturated heterocycles. The first-order valence-electron chi connectivity index (χ1n) is 4.58. The smallest absolute Gasteiger partial charge is 0.303 e. The van der Waals surface area contributed by atoms with Crippen LogP contribution in [0.25, 0.3) is 0 Å². The van der Waals surface area contributed by atoms with E-state index in [9.17, 15) is 4.79 Å². The summed E-state index contributed by atoms with van der Waals surface area (Å²) in [7, 11) is 0. The third-order valence-corrected chi connectivity index (χ3v) is 2.71. The Morgan fingerprint density at radius 2 is 2.17 bits per heavy atom. The molecule has 1 saturated carbocycles. The molecule has 0 spiro atoms. The van der Waals surface area contributed by atoms with Gasteiger partial charge in [-0.2, -0.15) is 0 Å². The van der Waals surface area contributed by atoms with Gasteiger partial charge in [0, 0.05) is 6.42 Å². The van der Waals surface area contributed by atoms with Crippen LogP contribution in [-0.2, 0) is 4.79 Å². The van der Waals surface area contributed by atoms with Crippen molar-refractivity contribution in [3.63, 3.8) is 0 Å². The molecule has 1 fully saturated rings. The van der Waals surface area contributed by atoms with Crippen LogP contribution in [0.1, 0.15) is 32.1 Å². The molecule has 0 aromatic carbocycles. The Morgan fingerprint density at radius 1 is 1.50 bits per heavy atom. The molecule has 0 aromatic rings. The number of hydrogen-bond acceptors (Lipinski definition) is 1. The van der Waals surface area contributed by atoms with Crippen LogP contribution < -0.4 is 0 Å². The highest BCUT2D eigenvalue weighted by Gasteiger charge is 2.24. The standard InChI is InChI=1S/C10H16O2/c1-2-8-5-3-4-6-9(8)7-10(11)12/h2,8-9H,1,3-7H2,(H,11,12). The van der Waals surface area contributed by atoms with Gasteiger partial charge < -0.3 is 5.11 Å². The van der Waals surface area contributed by atoms with Crippen molar-refractivity contribution in [1.82, 2.24) is 0 Å². The maximum Gasteiger partial charge on any atom is 0.303 e. The van der Waals surface area contributed by atoms with Gasteiger partial charge in [-0.25, -0.2) is 0 Å². The third kappa shape index (κ3) is 2.36. The van der Waals surface area contributed by atoms with Gasteiger partial charge in [0.15, 0.2) is 0 Å². The molecule has 1 aliphatic carbocycles. The highest BCUT2D eigenvalue weighted by Crippen LogP contribution is 2.32. The second-order valence-corrected chi connectivity index (χ2v) is 3.54. The topological polar surface area (TPSA) is 37.3 Å². The van der Waals surface area contributed by atoms with E-state index in [0.717, 1.165) is 12.8 Å². The first-order chi connectivity index (χ1) is 5.74. The van der Waals surface area contributed by atoms with Crippen LogP contribution in [0.3, 0.4) is 0 Å². The Bertz CT molecular complexity index is 175. The average molecular weight is 168 g/mol. The predicted octanol–water partition coefficient (Wildman–Crippen LogP) is 2.45.